The number of benzene rings is 1. The van der Waals surface area contributed by atoms with Crippen molar-refractivity contribution >= 4 is 17.4 Å². The zero-order valence-corrected chi connectivity index (χ0v) is 11.0. The Balaban J connectivity index is 2.35. The third-order valence-electron chi connectivity index (χ3n) is 2.84. The Morgan fingerprint density at radius 1 is 1.20 bits per heavy atom. The maximum atomic E-state index is 13.3. The van der Waals surface area contributed by atoms with Gasteiger partial charge < -0.3 is 10.2 Å². The molecule has 0 fully saturated rings. The third kappa shape index (κ3) is 2.74. The van der Waals surface area contributed by atoms with Gasteiger partial charge in [0.25, 0.3) is 5.91 Å². The van der Waals surface area contributed by atoms with Gasteiger partial charge >= 0.3 is 0 Å². The Labute approximate surface area is 115 Å². The van der Waals surface area contributed by atoms with Crippen LogP contribution in [0.2, 0.25) is 0 Å². The Bertz CT molecular complexity index is 629. The van der Waals surface area contributed by atoms with Gasteiger partial charge in [0, 0.05) is 19.8 Å². The molecule has 0 unspecified atom stereocenters. The average Bonchev–Trinajstić information content (AvgIpc) is 2.46. The van der Waals surface area contributed by atoms with Crippen molar-refractivity contribution in [2.24, 2.45) is 0 Å². The van der Waals surface area contributed by atoms with Crippen LogP contribution in [0.4, 0.5) is 20.3 Å². The molecule has 1 aromatic heterocycles. The van der Waals surface area contributed by atoms with E-state index in [4.69, 9.17) is 0 Å². The van der Waals surface area contributed by atoms with E-state index in [9.17, 15) is 13.6 Å². The van der Waals surface area contributed by atoms with Gasteiger partial charge in [-0.3, -0.25) is 4.79 Å². The minimum absolute atomic E-state index is 0.110. The molecule has 20 heavy (non-hydrogen) atoms. The Morgan fingerprint density at radius 3 is 2.45 bits per heavy atom. The summed E-state index contributed by atoms with van der Waals surface area (Å²) >= 11 is 0. The van der Waals surface area contributed by atoms with Crippen LogP contribution in [0.15, 0.2) is 36.5 Å². The topological polar surface area (TPSA) is 45.2 Å². The van der Waals surface area contributed by atoms with Crippen LogP contribution in [0.25, 0.3) is 0 Å². The molecule has 1 amide bonds. The summed E-state index contributed by atoms with van der Waals surface area (Å²) in [7, 11) is 3.12. The van der Waals surface area contributed by atoms with Gasteiger partial charge in [0.2, 0.25) is 0 Å². The number of carbonyl (C=O) groups excluding carboxylic acids is 1. The lowest BCUT2D eigenvalue weighted by atomic mass is 10.2. The highest BCUT2D eigenvalue weighted by atomic mass is 19.1. The van der Waals surface area contributed by atoms with Gasteiger partial charge in [-0.2, -0.15) is 0 Å². The molecule has 0 saturated heterocycles. The zero-order chi connectivity index (χ0) is 14.7. The first-order chi connectivity index (χ1) is 9.52. The van der Waals surface area contributed by atoms with Gasteiger partial charge in [-0.05, 0) is 30.3 Å². The van der Waals surface area contributed by atoms with E-state index < -0.39 is 17.5 Å². The van der Waals surface area contributed by atoms with Crippen molar-refractivity contribution in [3.05, 3.63) is 53.7 Å². The number of hydrogen-bond donors (Lipinski definition) is 1. The highest BCUT2D eigenvalue weighted by Gasteiger charge is 2.18. The second-order valence-electron chi connectivity index (χ2n) is 4.14. The molecule has 0 spiro atoms. The molecule has 0 aliphatic rings. The maximum absolute atomic E-state index is 13.3. The Hall–Kier alpha value is -2.50. The van der Waals surface area contributed by atoms with E-state index in [2.05, 4.69) is 10.3 Å². The summed E-state index contributed by atoms with van der Waals surface area (Å²) in [4.78, 5) is 17.5. The number of nitrogens with one attached hydrogen (secondary N) is 1. The highest BCUT2D eigenvalue weighted by Crippen LogP contribution is 2.20. The van der Waals surface area contributed by atoms with Crippen LogP contribution in [0.5, 0.6) is 0 Å². The highest BCUT2D eigenvalue weighted by molar-refractivity contribution is 6.08. The summed E-state index contributed by atoms with van der Waals surface area (Å²) in [6.07, 6.45) is 1.03. The number of pyridine rings is 1. The molecule has 104 valence electrons. The van der Waals surface area contributed by atoms with Crippen molar-refractivity contribution in [1.82, 2.24) is 4.98 Å². The largest absolute Gasteiger partial charge is 0.372 e. The molecule has 4 nitrogen and oxygen atoms in total. The van der Waals surface area contributed by atoms with Crippen molar-refractivity contribution in [3.8, 4) is 0 Å². The van der Waals surface area contributed by atoms with Crippen molar-refractivity contribution < 1.29 is 13.6 Å². The van der Waals surface area contributed by atoms with Crippen LogP contribution in [0.3, 0.4) is 0 Å². The molecule has 2 aromatic rings. The molecule has 1 aromatic carbocycles. The second kappa shape index (κ2) is 5.64. The summed E-state index contributed by atoms with van der Waals surface area (Å²) in [6, 6.07) is 6.56. The van der Waals surface area contributed by atoms with Crippen LogP contribution >= 0.6 is 0 Å². The van der Waals surface area contributed by atoms with Crippen LogP contribution < -0.4 is 10.2 Å². The van der Waals surface area contributed by atoms with E-state index >= 15 is 0 Å². The van der Waals surface area contributed by atoms with Gasteiger partial charge in [0.1, 0.15) is 17.5 Å². The molecule has 0 atom stereocenters. The predicted molar refractivity (Wildman–Crippen MR) is 72.9 cm³/mol. The smallest absolute Gasteiger partial charge is 0.261 e. The standard InChI is InChI=1S/C14H13F2N3O/c1-17-13-12(7-10(16)8-18-13)14(20)19(2)11-5-3-9(15)4-6-11/h3-8H,1-2H3,(H,17,18). The lowest BCUT2D eigenvalue weighted by Gasteiger charge is -2.18. The van der Waals surface area contributed by atoms with E-state index in [-0.39, 0.29) is 11.4 Å². The lowest BCUT2D eigenvalue weighted by molar-refractivity contribution is 0.0993. The minimum atomic E-state index is -0.597. The molecule has 0 aliphatic heterocycles. The zero-order valence-electron chi connectivity index (χ0n) is 11.0. The number of halogens is 2. The van der Waals surface area contributed by atoms with Crippen LogP contribution in [0, 0.1) is 11.6 Å². The number of nitrogens with zero attached hydrogens (tertiary/aromatic N) is 2. The molecule has 1 heterocycles. The van der Waals surface area contributed by atoms with E-state index in [1.807, 2.05) is 0 Å². The molecule has 6 heteroatoms. The summed E-state index contributed by atoms with van der Waals surface area (Å²) in [5.41, 5.74) is 0.613. The fourth-order valence-electron chi connectivity index (χ4n) is 1.76. The quantitative estimate of drug-likeness (QED) is 0.938. The van der Waals surface area contributed by atoms with Gasteiger partial charge in [-0.15, -0.1) is 0 Å². The molecular formula is C14H13F2N3O. The summed E-state index contributed by atoms with van der Waals surface area (Å²) in [5, 5.41) is 2.73. The number of rotatable bonds is 3. The molecule has 0 aliphatic carbocycles. The summed E-state index contributed by atoms with van der Waals surface area (Å²) < 4.78 is 26.1. The van der Waals surface area contributed by atoms with Crippen molar-refractivity contribution in [2.45, 2.75) is 0 Å². The Morgan fingerprint density at radius 2 is 1.85 bits per heavy atom. The molecular weight excluding hydrogens is 264 g/mol. The number of aromatic nitrogens is 1. The van der Waals surface area contributed by atoms with Crippen molar-refractivity contribution in [3.63, 3.8) is 0 Å². The molecule has 0 bridgehead atoms. The maximum Gasteiger partial charge on any atom is 0.261 e. The van der Waals surface area contributed by atoms with E-state index in [0.717, 1.165) is 12.3 Å². The second-order valence-corrected chi connectivity index (χ2v) is 4.14. The van der Waals surface area contributed by atoms with Crippen LogP contribution in [0.1, 0.15) is 10.4 Å². The normalized spacial score (nSPS) is 10.2. The minimum Gasteiger partial charge on any atom is -0.372 e. The fraction of sp³-hybridized carbons (Fsp3) is 0.143. The molecule has 0 saturated carbocycles. The van der Waals surface area contributed by atoms with Crippen LogP contribution in [-0.4, -0.2) is 25.0 Å². The van der Waals surface area contributed by atoms with Crippen LogP contribution in [-0.2, 0) is 0 Å². The molecule has 1 N–H and O–H groups in total. The number of hydrogen-bond acceptors (Lipinski definition) is 3. The average molecular weight is 277 g/mol. The van der Waals surface area contributed by atoms with Gasteiger partial charge in [0.15, 0.2) is 0 Å². The van der Waals surface area contributed by atoms with E-state index in [1.54, 1.807) is 7.05 Å². The summed E-state index contributed by atoms with van der Waals surface area (Å²) in [5.74, 6) is -1.14. The first-order valence-corrected chi connectivity index (χ1v) is 5.90. The third-order valence-corrected chi connectivity index (χ3v) is 2.84. The fourth-order valence-corrected chi connectivity index (χ4v) is 1.76. The monoisotopic (exact) mass is 277 g/mol. The first kappa shape index (κ1) is 13.9. The van der Waals surface area contributed by atoms with Gasteiger partial charge in [-0.1, -0.05) is 0 Å². The van der Waals surface area contributed by atoms with Crippen molar-refractivity contribution in [2.75, 3.05) is 24.3 Å². The number of anilines is 2. The SMILES string of the molecule is CNc1ncc(F)cc1C(=O)N(C)c1ccc(F)cc1. The molecule has 0 radical (unpaired) electrons. The number of carbonyl (C=O) groups is 1. The van der Waals surface area contributed by atoms with E-state index in [0.29, 0.717) is 5.69 Å². The lowest BCUT2D eigenvalue weighted by Crippen LogP contribution is -2.27. The Kier molecular flexibility index (Phi) is 3.93. The summed E-state index contributed by atoms with van der Waals surface area (Å²) in [6.45, 7) is 0. The van der Waals surface area contributed by atoms with Gasteiger partial charge in [-0.25, -0.2) is 13.8 Å². The first-order valence-electron chi connectivity index (χ1n) is 5.90. The number of amides is 1. The van der Waals surface area contributed by atoms with Crippen molar-refractivity contribution in [1.29, 1.82) is 0 Å². The molecule has 2 rings (SSSR count). The van der Waals surface area contributed by atoms with Gasteiger partial charge in [0.05, 0.1) is 11.8 Å². The predicted octanol–water partition coefficient (Wildman–Crippen LogP) is 2.68. The van der Waals surface area contributed by atoms with E-state index in [1.165, 1.54) is 36.2 Å².